The number of piperazine rings is 1. The Hall–Kier alpha value is -2.60. The fraction of sp³-hybridized carbons (Fsp3) is 0.545. The molecule has 1 aromatic carbocycles. The first-order valence-corrected chi connectivity index (χ1v) is 12.4. The molecule has 0 radical (unpaired) electrons. The number of aromatic nitrogens is 2. The zero-order valence-electron chi connectivity index (χ0n) is 19.6. The van der Waals surface area contributed by atoms with Crippen LogP contribution in [-0.4, -0.2) is 66.2 Å². The third-order valence-electron chi connectivity index (χ3n) is 5.48. The maximum absolute atomic E-state index is 14.0. The number of nitrogens with zero attached hydrogens (tertiary/aromatic N) is 4. The zero-order chi connectivity index (χ0) is 25.3. The second kappa shape index (κ2) is 9.95. The molecule has 1 aliphatic rings. The van der Waals surface area contributed by atoms with E-state index < -0.39 is 38.1 Å². The Bertz CT molecular complexity index is 1170. The van der Waals surface area contributed by atoms with E-state index in [0.717, 1.165) is 16.8 Å². The summed E-state index contributed by atoms with van der Waals surface area (Å²) < 4.78 is 74.2. The van der Waals surface area contributed by atoms with Crippen LogP contribution < -0.4 is 15.2 Å². The average molecular weight is 503 g/mol. The molecular weight excluding hydrogens is 473 g/mol. The van der Waals surface area contributed by atoms with Gasteiger partial charge in [0.2, 0.25) is 15.8 Å². The Kier molecular flexibility index (Phi) is 7.61. The maximum Gasteiger partial charge on any atom is 0.316 e. The molecule has 0 bridgehead atoms. The Balaban J connectivity index is 1.95. The van der Waals surface area contributed by atoms with Crippen LogP contribution in [0, 0.1) is 11.6 Å². The van der Waals surface area contributed by atoms with E-state index >= 15 is 0 Å². The molecular formula is C22H29F3N4O4S. The van der Waals surface area contributed by atoms with Crippen molar-refractivity contribution in [3.63, 3.8) is 0 Å². The summed E-state index contributed by atoms with van der Waals surface area (Å²) in [5.41, 5.74) is -2.13. The standard InChI is InChI=1S/C22H29F3N4O4S/c1-15(2)34(31,32)28-8-6-27(7-9-28)19-14-26-29(18-12-16(23)11-17(24)13-18)21(30)20(19)33-10-5-22(3,4)25/h11-15H,5-10H2,1-4H3. The van der Waals surface area contributed by atoms with E-state index in [1.54, 1.807) is 18.7 Å². The number of benzene rings is 1. The summed E-state index contributed by atoms with van der Waals surface area (Å²) in [5.74, 6) is -1.90. The van der Waals surface area contributed by atoms with E-state index in [-0.39, 0.29) is 50.6 Å². The summed E-state index contributed by atoms with van der Waals surface area (Å²) in [6.07, 6.45) is 1.33. The van der Waals surface area contributed by atoms with E-state index in [1.807, 2.05) is 0 Å². The lowest BCUT2D eigenvalue weighted by Crippen LogP contribution is -2.50. The Morgan fingerprint density at radius 3 is 2.21 bits per heavy atom. The maximum atomic E-state index is 14.0. The first-order chi connectivity index (χ1) is 15.8. The van der Waals surface area contributed by atoms with Crippen LogP contribution in [0.25, 0.3) is 5.69 Å². The number of hydrogen-bond acceptors (Lipinski definition) is 6. The lowest BCUT2D eigenvalue weighted by atomic mass is 10.1. The Morgan fingerprint density at radius 2 is 1.68 bits per heavy atom. The largest absolute Gasteiger partial charge is 0.486 e. The van der Waals surface area contributed by atoms with Gasteiger partial charge in [-0.25, -0.2) is 21.6 Å². The lowest BCUT2D eigenvalue weighted by molar-refractivity contribution is 0.160. The molecule has 2 aromatic rings. The molecule has 0 spiro atoms. The van der Waals surface area contributed by atoms with Crippen LogP contribution in [0.2, 0.25) is 0 Å². The van der Waals surface area contributed by atoms with Crippen molar-refractivity contribution >= 4 is 15.7 Å². The van der Waals surface area contributed by atoms with Gasteiger partial charge in [-0.2, -0.15) is 14.1 Å². The first kappa shape index (κ1) is 26.0. The molecule has 0 amide bonds. The lowest BCUT2D eigenvalue weighted by Gasteiger charge is -2.36. The SMILES string of the molecule is CC(C)S(=O)(=O)N1CCN(c2cnn(-c3cc(F)cc(F)c3)c(=O)c2OCCC(C)(C)F)CC1. The number of halogens is 3. The van der Waals surface area contributed by atoms with E-state index in [9.17, 15) is 26.4 Å². The summed E-state index contributed by atoms with van der Waals surface area (Å²) in [6.45, 7) is 6.82. The normalized spacial score (nSPS) is 15.7. The summed E-state index contributed by atoms with van der Waals surface area (Å²) in [4.78, 5) is 15.0. The number of alkyl halides is 1. The summed E-state index contributed by atoms with van der Waals surface area (Å²) in [5, 5.41) is 3.51. The highest BCUT2D eigenvalue weighted by Crippen LogP contribution is 2.27. The second-order valence-electron chi connectivity index (χ2n) is 9.00. The fourth-order valence-corrected chi connectivity index (χ4v) is 4.78. The molecule has 1 saturated heterocycles. The number of anilines is 1. The first-order valence-electron chi connectivity index (χ1n) is 10.9. The third kappa shape index (κ3) is 5.90. The van der Waals surface area contributed by atoms with Crippen molar-refractivity contribution in [3.05, 3.63) is 46.4 Å². The molecule has 3 rings (SSSR count). The summed E-state index contributed by atoms with van der Waals surface area (Å²) in [6, 6.07) is 2.59. The molecule has 34 heavy (non-hydrogen) atoms. The highest BCUT2D eigenvalue weighted by atomic mass is 32.2. The summed E-state index contributed by atoms with van der Waals surface area (Å²) >= 11 is 0. The van der Waals surface area contributed by atoms with Crippen molar-refractivity contribution in [2.45, 2.75) is 45.0 Å². The third-order valence-corrected chi connectivity index (χ3v) is 7.76. The van der Waals surface area contributed by atoms with Crippen LogP contribution in [0.4, 0.5) is 18.9 Å². The van der Waals surface area contributed by atoms with Crippen LogP contribution in [0.1, 0.15) is 34.1 Å². The van der Waals surface area contributed by atoms with Gasteiger partial charge in [0.1, 0.15) is 23.0 Å². The number of hydrogen-bond donors (Lipinski definition) is 0. The summed E-state index contributed by atoms with van der Waals surface area (Å²) in [7, 11) is -3.42. The van der Waals surface area contributed by atoms with Gasteiger partial charge >= 0.3 is 5.56 Å². The molecule has 1 aliphatic heterocycles. The van der Waals surface area contributed by atoms with Crippen LogP contribution in [0.3, 0.4) is 0 Å². The molecule has 0 N–H and O–H groups in total. The number of ether oxygens (including phenoxy) is 1. The molecule has 0 unspecified atom stereocenters. The molecule has 8 nitrogen and oxygen atoms in total. The van der Waals surface area contributed by atoms with Crippen LogP contribution >= 0.6 is 0 Å². The monoisotopic (exact) mass is 502 g/mol. The highest BCUT2D eigenvalue weighted by molar-refractivity contribution is 7.89. The molecule has 0 saturated carbocycles. The van der Waals surface area contributed by atoms with Crippen molar-refractivity contribution in [2.75, 3.05) is 37.7 Å². The van der Waals surface area contributed by atoms with Crippen molar-refractivity contribution in [1.29, 1.82) is 0 Å². The average Bonchev–Trinajstić information content (AvgIpc) is 2.73. The van der Waals surface area contributed by atoms with E-state index in [4.69, 9.17) is 4.74 Å². The predicted molar refractivity (Wildman–Crippen MR) is 123 cm³/mol. The number of sulfonamides is 1. The minimum absolute atomic E-state index is 0.00318. The topological polar surface area (TPSA) is 84.7 Å². The molecule has 1 aromatic heterocycles. The van der Waals surface area contributed by atoms with Crippen molar-refractivity contribution in [1.82, 2.24) is 14.1 Å². The molecule has 0 aliphatic carbocycles. The zero-order valence-corrected chi connectivity index (χ0v) is 20.4. The van der Waals surface area contributed by atoms with Gasteiger partial charge in [0.15, 0.2) is 0 Å². The second-order valence-corrected chi connectivity index (χ2v) is 11.5. The van der Waals surface area contributed by atoms with Gasteiger partial charge in [-0.1, -0.05) is 0 Å². The molecule has 0 atom stereocenters. The van der Waals surface area contributed by atoms with E-state index in [0.29, 0.717) is 11.8 Å². The fourth-order valence-electron chi connectivity index (χ4n) is 3.51. The van der Waals surface area contributed by atoms with Crippen molar-refractivity contribution < 1.29 is 26.3 Å². The van der Waals surface area contributed by atoms with Gasteiger partial charge in [-0.15, -0.1) is 0 Å². The van der Waals surface area contributed by atoms with Crippen LogP contribution in [-0.2, 0) is 10.0 Å². The highest BCUT2D eigenvalue weighted by Gasteiger charge is 2.31. The van der Waals surface area contributed by atoms with Crippen LogP contribution in [0.15, 0.2) is 29.2 Å². The Morgan fingerprint density at radius 1 is 1.09 bits per heavy atom. The van der Waals surface area contributed by atoms with Gasteiger partial charge in [0.25, 0.3) is 0 Å². The van der Waals surface area contributed by atoms with E-state index in [2.05, 4.69) is 5.10 Å². The van der Waals surface area contributed by atoms with Gasteiger partial charge in [-0.05, 0) is 39.8 Å². The van der Waals surface area contributed by atoms with Gasteiger partial charge in [0.05, 0.1) is 23.7 Å². The van der Waals surface area contributed by atoms with Gasteiger partial charge in [0, 0.05) is 38.7 Å². The predicted octanol–water partition coefficient (Wildman–Crippen LogP) is 2.89. The molecule has 188 valence electrons. The quantitative estimate of drug-likeness (QED) is 0.552. The van der Waals surface area contributed by atoms with Gasteiger partial charge < -0.3 is 9.64 Å². The number of rotatable bonds is 8. The van der Waals surface area contributed by atoms with E-state index in [1.165, 1.54) is 24.3 Å². The van der Waals surface area contributed by atoms with Gasteiger partial charge in [-0.3, -0.25) is 4.79 Å². The molecule has 12 heteroatoms. The van der Waals surface area contributed by atoms with Crippen molar-refractivity contribution in [2.24, 2.45) is 0 Å². The van der Waals surface area contributed by atoms with Crippen LogP contribution in [0.5, 0.6) is 5.75 Å². The van der Waals surface area contributed by atoms with Crippen molar-refractivity contribution in [3.8, 4) is 11.4 Å². The molecule has 1 fully saturated rings. The Labute approximate surface area is 197 Å². The molecule has 2 heterocycles. The minimum Gasteiger partial charge on any atom is -0.486 e. The smallest absolute Gasteiger partial charge is 0.316 e. The minimum atomic E-state index is -3.42.